The topological polar surface area (TPSA) is 66.9 Å². The van der Waals surface area contributed by atoms with Gasteiger partial charge in [-0.15, -0.1) is 0 Å². The number of rotatable bonds is 7. The van der Waals surface area contributed by atoms with Gasteiger partial charge in [-0.3, -0.25) is 4.79 Å². The average molecular weight is 326 g/mol. The molecule has 0 fully saturated rings. The number of carbonyl (C=O) groups excluding carboxylic acids is 1. The van der Waals surface area contributed by atoms with Gasteiger partial charge in [-0.2, -0.15) is 0 Å². The van der Waals surface area contributed by atoms with Gasteiger partial charge >= 0.3 is 0 Å². The molecule has 0 saturated heterocycles. The van der Waals surface area contributed by atoms with Gasteiger partial charge in [0.1, 0.15) is 0 Å². The van der Waals surface area contributed by atoms with Crippen LogP contribution in [-0.4, -0.2) is 22.4 Å². The Morgan fingerprint density at radius 1 is 1.08 bits per heavy atom. The SMILES string of the molecule is CC(C)CCNC(=O)c1cnc(Nc2ccccc2C(C)C)nc1. The Balaban J connectivity index is 2.01. The van der Waals surface area contributed by atoms with E-state index >= 15 is 0 Å². The molecule has 24 heavy (non-hydrogen) atoms. The first-order valence-corrected chi connectivity index (χ1v) is 8.43. The summed E-state index contributed by atoms with van der Waals surface area (Å²) in [7, 11) is 0. The quantitative estimate of drug-likeness (QED) is 0.803. The Hall–Kier alpha value is -2.43. The smallest absolute Gasteiger partial charge is 0.254 e. The highest BCUT2D eigenvalue weighted by molar-refractivity contribution is 5.93. The van der Waals surface area contributed by atoms with Gasteiger partial charge in [0.2, 0.25) is 5.95 Å². The molecule has 1 amide bonds. The second kappa shape index (κ2) is 8.43. The van der Waals surface area contributed by atoms with Crippen LogP contribution in [-0.2, 0) is 0 Å². The predicted molar refractivity (Wildman–Crippen MR) is 97.6 cm³/mol. The molecule has 2 rings (SSSR count). The standard InChI is InChI=1S/C19H26N4O/c1-13(2)9-10-20-18(24)15-11-21-19(22-12-15)23-17-8-6-5-7-16(17)14(3)4/h5-8,11-14H,9-10H2,1-4H3,(H,20,24)(H,21,22,23). The minimum absolute atomic E-state index is 0.134. The van der Waals surface area contributed by atoms with Crippen LogP contribution in [0.2, 0.25) is 0 Å². The van der Waals surface area contributed by atoms with Crippen LogP contribution in [0.25, 0.3) is 0 Å². The molecule has 5 heteroatoms. The maximum atomic E-state index is 12.0. The lowest BCUT2D eigenvalue weighted by Crippen LogP contribution is -2.25. The van der Waals surface area contributed by atoms with Crippen molar-refractivity contribution in [2.24, 2.45) is 5.92 Å². The van der Waals surface area contributed by atoms with Crippen molar-refractivity contribution in [2.75, 3.05) is 11.9 Å². The Morgan fingerprint density at radius 3 is 2.38 bits per heavy atom. The van der Waals surface area contributed by atoms with E-state index in [0.29, 0.717) is 29.9 Å². The Bertz CT molecular complexity index is 665. The molecule has 0 atom stereocenters. The van der Waals surface area contributed by atoms with Crippen LogP contribution in [0.1, 0.15) is 56.0 Å². The molecule has 5 nitrogen and oxygen atoms in total. The van der Waals surface area contributed by atoms with E-state index in [1.165, 1.54) is 5.56 Å². The Labute approximate surface area is 143 Å². The summed E-state index contributed by atoms with van der Waals surface area (Å²) in [6.45, 7) is 9.21. The molecule has 0 unspecified atom stereocenters. The molecule has 0 aliphatic carbocycles. The fourth-order valence-electron chi connectivity index (χ4n) is 2.32. The number of aromatic nitrogens is 2. The zero-order valence-electron chi connectivity index (χ0n) is 14.8. The Morgan fingerprint density at radius 2 is 1.75 bits per heavy atom. The van der Waals surface area contributed by atoms with Crippen molar-refractivity contribution in [3.63, 3.8) is 0 Å². The van der Waals surface area contributed by atoms with E-state index in [1.807, 2.05) is 18.2 Å². The van der Waals surface area contributed by atoms with Gasteiger partial charge in [-0.05, 0) is 29.9 Å². The number of hydrogen-bond acceptors (Lipinski definition) is 4. The van der Waals surface area contributed by atoms with Crippen molar-refractivity contribution in [3.8, 4) is 0 Å². The van der Waals surface area contributed by atoms with E-state index in [2.05, 4.69) is 54.4 Å². The van der Waals surface area contributed by atoms with Crippen LogP contribution < -0.4 is 10.6 Å². The molecule has 0 saturated carbocycles. The van der Waals surface area contributed by atoms with Crippen molar-refractivity contribution in [1.29, 1.82) is 0 Å². The summed E-state index contributed by atoms with van der Waals surface area (Å²) >= 11 is 0. The first-order valence-electron chi connectivity index (χ1n) is 8.43. The summed E-state index contributed by atoms with van der Waals surface area (Å²) in [5, 5.41) is 6.11. The van der Waals surface area contributed by atoms with E-state index in [1.54, 1.807) is 12.4 Å². The fraction of sp³-hybridized carbons (Fsp3) is 0.421. The molecule has 128 valence electrons. The van der Waals surface area contributed by atoms with E-state index in [0.717, 1.165) is 12.1 Å². The van der Waals surface area contributed by atoms with Gasteiger partial charge < -0.3 is 10.6 Å². The lowest BCUT2D eigenvalue weighted by molar-refractivity contribution is 0.0951. The third-order valence-corrected chi connectivity index (χ3v) is 3.75. The van der Waals surface area contributed by atoms with Crippen LogP contribution >= 0.6 is 0 Å². The van der Waals surface area contributed by atoms with Gasteiger partial charge in [0.25, 0.3) is 5.91 Å². The summed E-state index contributed by atoms with van der Waals surface area (Å²) in [4.78, 5) is 20.5. The zero-order chi connectivity index (χ0) is 17.5. The number of amides is 1. The van der Waals surface area contributed by atoms with Crippen LogP contribution in [0.15, 0.2) is 36.7 Å². The van der Waals surface area contributed by atoms with Gasteiger partial charge in [-0.25, -0.2) is 9.97 Å². The number of nitrogens with zero attached hydrogens (tertiary/aromatic N) is 2. The molecule has 0 spiro atoms. The molecular weight excluding hydrogens is 300 g/mol. The van der Waals surface area contributed by atoms with Gasteiger partial charge in [-0.1, -0.05) is 45.9 Å². The number of carbonyl (C=O) groups is 1. The van der Waals surface area contributed by atoms with Crippen molar-refractivity contribution >= 4 is 17.5 Å². The summed E-state index contributed by atoms with van der Waals surface area (Å²) < 4.78 is 0. The minimum Gasteiger partial charge on any atom is -0.352 e. The van der Waals surface area contributed by atoms with Crippen molar-refractivity contribution < 1.29 is 4.79 Å². The number of benzene rings is 1. The molecule has 0 aliphatic rings. The average Bonchev–Trinajstić information content (AvgIpc) is 2.55. The van der Waals surface area contributed by atoms with E-state index in [-0.39, 0.29) is 5.91 Å². The van der Waals surface area contributed by atoms with Crippen LogP contribution in [0.4, 0.5) is 11.6 Å². The maximum Gasteiger partial charge on any atom is 0.254 e. The van der Waals surface area contributed by atoms with E-state index in [4.69, 9.17) is 0 Å². The van der Waals surface area contributed by atoms with E-state index < -0.39 is 0 Å². The van der Waals surface area contributed by atoms with Gasteiger partial charge in [0.05, 0.1) is 5.56 Å². The largest absolute Gasteiger partial charge is 0.352 e. The summed E-state index contributed by atoms with van der Waals surface area (Å²) in [5.41, 5.74) is 2.67. The number of para-hydroxylation sites is 1. The minimum atomic E-state index is -0.134. The third kappa shape index (κ3) is 5.05. The highest BCUT2D eigenvalue weighted by Gasteiger charge is 2.09. The predicted octanol–water partition coefficient (Wildman–Crippen LogP) is 4.12. The second-order valence-electron chi connectivity index (χ2n) is 6.60. The van der Waals surface area contributed by atoms with Gasteiger partial charge in [0.15, 0.2) is 0 Å². The first-order chi connectivity index (χ1) is 11.5. The molecule has 1 heterocycles. The summed E-state index contributed by atoms with van der Waals surface area (Å²) in [6.07, 6.45) is 4.06. The summed E-state index contributed by atoms with van der Waals surface area (Å²) in [6, 6.07) is 8.09. The Kier molecular flexibility index (Phi) is 6.29. The number of nitrogens with one attached hydrogen (secondary N) is 2. The second-order valence-corrected chi connectivity index (χ2v) is 6.60. The molecular formula is C19H26N4O. The van der Waals surface area contributed by atoms with Crippen LogP contribution in [0, 0.1) is 5.92 Å². The lowest BCUT2D eigenvalue weighted by Gasteiger charge is -2.13. The highest BCUT2D eigenvalue weighted by atomic mass is 16.1. The molecule has 1 aromatic carbocycles. The van der Waals surface area contributed by atoms with Crippen molar-refractivity contribution in [1.82, 2.24) is 15.3 Å². The number of anilines is 2. The zero-order valence-corrected chi connectivity index (χ0v) is 14.8. The molecule has 2 aromatic rings. The molecule has 0 radical (unpaired) electrons. The number of hydrogen-bond donors (Lipinski definition) is 2. The van der Waals surface area contributed by atoms with Gasteiger partial charge in [0, 0.05) is 24.6 Å². The monoisotopic (exact) mass is 326 g/mol. The highest BCUT2D eigenvalue weighted by Crippen LogP contribution is 2.25. The maximum absolute atomic E-state index is 12.0. The van der Waals surface area contributed by atoms with Crippen LogP contribution in [0.5, 0.6) is 0 Å². The van der Waals surface area contributed by atoms with Crippen molar-refractivity contribution in [3.05, 3.63) is 47.8 Å². The normalized spacial score (nSPS) is 10.9. The molecule has 0 aliphatic heterocycles. The van der Waals surface area contributed by atoms with Crippen LogP contribution in [0.3, 0.4) is 0 Å². The summed E-state index contributed by atoms with van der Waals surface area (Å²) in [5.74, 6) is 1.32. The van der Waals surface area contributed by atoms with Crippen molar-refractivity contribution in [2.45, 2.75) is 40.0 Å². The fourth-order valence-corrected chi connectivity index (χ4v) is 2.32. The van der Waals surface area contributed by atoms with E-state index in [9.17, 15) is 4.79 Å². The molecule has 1 aromatic heterocycles. The molecule has 2 N–H and O–H groups in total. The molecule has 0 bridgehead atoms. The lowest BCUT2D eigenvalue weighted by atomic mass is 10.0. The first kappa shape index (κ1) is 17.9. The third-order valence-electron chi connectivity index (χ3n) is 3.75.